The third-order valence-corrected chi connectivity index (χ3v) is 5.19. The van der Waals surface area contributed by atoms with E-state index in [4.69, 9.17) is 9.47 Å². The Kier molecular flexibility index (Phi) is 6.87. The van der Waals surface area contributed by atoms with Gasteiger partial charge in [0.1, 0.15) is 0 Å². The zero-order valence-electron chi connectivity index (χ0n) is 14.2. The fourth-order valence-corrected chi connectivity index (χ4v) is 3.45. The molecule has 1 N–H and O–H groups in total. The summed E-state index contributed by atoms with van der Waals surface area (Å²) in [7, 11) is 3.20. The molecule has 0 aromatic heterocycles. The Hall–Kier alpha value is -1.79. The van der Waals surface area contributed by atoms with Gasteiger partial charge in [0, 0.05) is 15.5 Å². The largest absolute Gasteiger partial charge is 0.493 e. The van der Waals surface area contributed by atoms with Gasteiger partial charge < -0.3 is 14.8 Å². The summed E-state index contributed by atoms with van der Waals surface area (Å²) in [5, 5.41) is 2.72. The van der Waals surface area contributed by atoms with Crippen molar-refractivity contribution >= 4 is 35.1 Å². The summed E-state index contributed by atoms with van der Waals surface area (Å²) in [6.07, 6.45) is 2.01. The molecule has 128 valence electrons. The number of nitrogens with one attached hydrogen (secondary N) is 1. The highest BCUT2D eigenvalue weighted by Crippen LogP contribution is 2.33. The van der Waals surface area contributed by atoms with Crippen LogP contribution >= 0.6 is 23.5 Å². The lowest BCUT2D eigenvalue weighted by molar-refractivity contribution is -0.115. The first-order valence-corrected chi connectivity index (χ1v) is 9.51. The first-order chi connectivity index (χ1) is 11.6. The topological polar surface area (TPSA) is 47.6 Å². The molecule has 0 aliphatic rings. The van der Waals surface area contributed by atoms with Gasteiger partial charge in [0.15, 0.2) is 11.5 Å². The zero-order chi connectivity index (χ0) is 17.5. The van der Waals surface area contributed by atoms with Crippen LogP contribution in [0, 0.1) is 0 Å². The van der Waals surface area contributed by atoms with Gasteiger partial charge in [0.25, 0.3) is 0 Å². The smallest absolute Gasteiger partial charge is 0.237 e. The highest BCUT2D eigenvalue weighted by molar-refractivity contribution is 8.00. The average molecular weight is 364 g/mol. The van der Waals surface area contributed by atoms with Gasteiger partial charge in [-0.1, -0.05) is 6.07 Å². The minimum absolute atomic E-state index is 0.0342. The van der Waals surface area contributed by atoms with E-state index in [-0.39, 0.29) is 11.2 Å². The van der Waals surface area contributed by atoms with E-state index >= 15 is 0 Å². The number of carbonyl (C=O) groups excluding carboxylic acids is 1. The minimum Gasteiger partial charge on any atom is -0.493 e. The van der Waals surface area contributed by atoms with Gasteiger partial charge in [-0.3, -0.25) is 4.79 Å². The predicted molar refractivity (Wildman–Crippen MR) is 102 cm³/mol. The molecule has 0 spiro atoms. The van der Waals surface area contributed by atoms with Gasteiger partial charge in [0.05, 0.1) is 19.5 Å². The van der Waals surface area contributed by atoms with E-state index in [1.165, 1.54) is 11.8 Å². The second-order valence-electron chi connectivity index (χ2n) is 5.00. The van der Waals surface area contributed by atoms with Crippen LogP contribution < -0.4 is 14.8 Å². The Labute approximate surface area is 151 Å². The molecule has 2 aromatic carbocycles. The molecule has 6 heteroatoms. The number of methoxy groups -OCH3 is 2. The summed E-state index contributed by atoms with van der Waals surface area (Å²) in [5.41, 5.74) is 0.812. The van der Waals surface area contributed by atoms with E-state index in [1.807, 2.05) is 55.6 Å². The van der Waals surface area contributed by atoms with Gasteiger partial charge in [-0.2, -0.15) is 0 Å². The molecule has 0 aliphatic heterocycles. The van der Waals surface area contributed by atoms with Crippen molar-refractivity contribution in [2.24, 2.45) is 0 Å². The molecule has 0 radical (unpaired) electrons. The molecule has 0 heterocycles. The molecular formula is C18H21NO3S2. The van der Waals surface area contributed by atoms with Crippen molar-refractivity contribution in [2.75, 3.05) is 25.8 Å². The molecule has 0 saturated heterocycles. The number of hydrogen-bond acceptors (Lipinski definition) is 5. The maximum Gasteiger partial charge on any atom is 0.237 e. The van der Waals surface area contributed by atoms with Crippen molar-refractivity contribution in [3.63, 3.8) is 0 Å². The molecular weight excluding hydrogens is 342 g/mol. The van der Waals surface area contributed by atoms with Crippen molar-refractivity contribution in [2.45, 2.75) is 22.0 Å². The second kappa shape index (κ2) is 8.89. The van der Waals surface area contributed by atoms with Crippen LogP contribution in [0.2, 0.25) is 0 Å². The minimum atomic E-state index is -0.235. The van der Waals surface area contributed by atoms with E-state index in [0.717, 1.165) is 15.5 Å². The first-order valence-electron chi connectivity index (χ1n) is 7.41. The Morgan fingerprint density at radius 3 is 2.46 bits per heavy atom. The van der Waals surface area contributed by atoms with Crippen LogP contribution in [-0.2, 0) is 4.79 Å². The van der Waals surface area contributed by atoms with E-state index in [0.29, 0.717) is 11.5 Å². The van der Waals surface area contributed by atoms with Crippen molar-refractivity contribution in [1.29, 1.82) is 0 Å². The van der Waals surface area contributed by atoms with E-state index in [2.05, 4.69) is 5.32 Å². The highest BCUT2D eigenvalue weighted by atomic mass is 32.2. The van der Waals surface area contributed by atoms with Crippen molar-refractivity contribution < 1.29 is 14.3 Å². The lowest BCUT2D eigenvalue weighted by Crippen LogP contribution is -2.22. The molecule has 2 aromatic rings. The molecule has 0 aliphatic carbocycles. The molecule has 2 rings (SSSR count). The quantitative estimate of drug-likeness (QED) is 0.732. The summed E-state index contributed by atoms with van der Waals surface area (Å²) in [5.74, 6) is 1.30. The SMILES string of the molecule is COc1ccc(S[C@@H](C)C(=O)Nc2cccc(SC)c2)cc1OC. The van der Waals surface area contributed by atoms with Crippen LogP contribution in [-0.4, -0.2) is 31.6 Å². The average Bonchev–Trinajstić information content (AvgIpc) is 2.61. The summed E-state index contributed by atoms with van der Waals surface area (Å²) < 4.78 is 10.5. The molecule has 0 unspecified atom stereocenters. The van der Waals surface area contributed by atoms with Crippen LogP contribution in [0.3, 0.4) is 0 Å². The number of rotatable bonds is 7. The maximum absolute atomic E-state index is 12.4. The molecule has 1 atom stereocenters. The molecule has 0 bridgehead atoms. The Morgan fingerprint density at radius 2 is 1.79 bits per heavy atom. The van der Waals surface area contributed by atoms with Gasteiger partial charge in [-0.15, -0.1) is 23.5 Å². The monoisotopic (exact) mass is 363 g/mol. The third kappa shape index (κ3) is 4.85. The van der Waals surface area contributed by atoms with E-state index < -0.39 is 0 Å². The molecule has 0 fully saturated rings. The van der Waals surface area contributed by atoms with Crippen LogP contribution in [0.25, 0.3) is 0 Å². The maximum atomic E-state index is 12.4. The fourth-order valence-electron chi connectivity index (χ4n) is 2.09. The lowest BCUT2D eigenvalue weighted by Gasteiger charge is -2.14. The Morgan fingerprint density at radius 1 is 1.04 bits per heavy atom. The number of amides is 1. The number of benzene rings is 2. The molecule has 0 saturated carbocycles. The van der Waals surface area contributed by atoms with Gasteiger partial charge in [-0.05, 0) is 49.6 Å². The summed E-state index contributed by atoms with van der Waals surface area (Å²) in [4.78, 5) is 14.5. The summed E-state index contributed by atoms with van der Waals surface area (Å²) >= 11 is 3.12. The Balaban J connectivity index is 2.03. The number of thioether (sulfide) groups is 2. The van der Waals surface area contributed by atoms with Crippen LogP contribution in [0.4, 0.5) is 5.69 Å². The van der Waals surface area contributed by atoms with Crippen LogP contribution in [0.5, 0.6) is 11.5 Å². The van der Waals surface area contributed by atoms with Gasteiger partial charge in [0.2, 0.25) is 5.91 Å². The lowest BCUT2D eigenvalue weighted by atomic mass is 10.3. The first kappa shape index (κ1) is 18.5. The van der Waals surface area contributed by atoms with Gasteiger partial charge in [-0.25, -0.2) is 0 Å². The molecule has 24 heavy (non-hydrogen) atoms. The summed E-state index contributed by atoms with van der Waals surface area (Å²) in [6, 6.07) is 13.5. The van der Waals surface area contributed by atoms with Crippen molar-refractivity contribution in [3.8, 4) is 11.5 Å². The number of hydrogen-bond donors (Lipinski definition) is 1. The van der Waals surface area contributed by atoms with Crippen LogP contribution in [0.1, 0.15) is 6.92 Å². The second-order valence-corrected chi connectivity index (χ2v) is 7.29. The Bertz CT molecular complexity index is 706. The number of anilines is 1. The zero-order valence-corrected chi connectivity index (χ0v) is 15.8. The fraction of sp³-hybridized carbons (Fsp3) is 0.278. The number of carbonyl (C=O) groups is 1. The standard InChI is InChI=1S/C18H21NO3S2/c1-12(18(20)19-13-6-5-7-14(10-13)23-4)24-15-8-9-16(21-2)17(11-15)22-3/h5-12H,1-4H3,(H,19,20)/t12-/m0/s1. The van der Waals surface area contributed by atoms with E-state index in [9.17, 15) is 4.79 Å². The van der Waals surface area contributed by atoms with Crippen molar-refractivity contribution in [1.82, 2.24) is 0 Å². The number of ether oxygens (including phenoxy) is 2. The van der Waals surface area contributed by atoms with Crippen molar-refractivity contribution in [3.05, 3.63) is 42.5 Å². The molecule has 1 amide bonds. The highest BCUT2D eigenvalue weighted by Gasteiger charge is 2.16. The van der Waals surface area contributed by atoms with Gasteiger partial charge >= 0.3 is 0 Å². The molecule has 4 nitrogen and oxygen atoms in total. The normalized spacial score (nSPS) is 11.7. The summed E-state index contributed by atoms with van der Waals surface area (Å²) in [6.45, 7) is 1.88. The predicted octanol–water partition coefficient (Wildman–Crippen LogP) is 4.55. The van der Waals surface area contributed by atoms with Crippen LogP contribution in [0.15, 0.2) is 52.3 Å². The third-order valence-electron chi connectivity index (χ3n) is 3.37. The van der Waals surface area contributed by atoms with E-state index in [1.54, 1.807) is 26.0 Å².